The molecule has 3 heterocycles. The van der Waals surface area contributed by atoms with Crippen LogP contribution in [0.2, 0.25) is 5.02 Å². The number of aromatic nitrogens is 1. The number of halogens is 1. The molecule has 0 radical (unpaired) electrons. The fraction of sp³-hybridized carbons (Fsp3) is 0.600. The van der Waals surface area contributed by atoms with E-state index in [1.54, 1.807) is 18.5 Å². The van der Waals surface area contributed by atoms with E-state index in [1.165, 1.54) is 0 Å². The third-order valence-electron chi connectivity index (χ3n) is 4.06. The lowest BCUT2D eigenvalue weighted by Crippen LogP contribution is -2.44. The van der Waals surface area contributed by atoms with E-state index in [1.807, 2.05) is 4.90 Å². The minimum atomic E-state index is 0.0529. The van der Waals surface area contributed by atoms with Gasteiger partial charge in [-0.05, 0) is 6.42 Å². The quantitative estimate of drug-likeness (QED) is 0.858. The monoisotopic (exact) mass is 310 g/mol. The zero-order valence-electron chi connectivity index (χ0n) is 11.8. The van der Waals surface area contributed by atoms with Crippen molar-refractivity contribution < 1.29 is 14.3 Å². The van der Waals surface area contributed by atoms with Crippen LogP contribution in [-0.4, -0.2) is 48.2 Å². The second-order valence-corrected chi connectivity index (χ2v) is 5.92. The van der Waals surface area contributed by atoms with Crippen LogP contribution in [0, 0.1) is 5.92 Å². The summed E-state index contributed by atoms with van der Waals surface area (Å²) in [6.07, 6.45) is 5.86. The van der Waals surface area contributed by atoms with Gasteiger partial charge in [-0.1, -0.05) is 11.6 Å². The van der Waals surface area contributed by atoms with Gasteiger partial charge in [0.25, 0.3) is 0 Å². The number of amides is 1. The first-order chi connectivity index (χ1) is 10.2. The molecule has 0 saturated carbocycles. The summed E-state index contributed by atoms with van der Waals surface area (Å²) < 4.78 is 11.2. The average Bonchev–Trinajstić information content (AvgIpc) is 3.04. The number of ether oxygens (including phenoxy) is 2. The average molecular weight is 311 g/mol. The number of rotatable bonds is 3. The molecule has 21 heavy (non-hydrogen) atoms. The Bertz CT molecular complexity index is 497. The summed E-state index contributed by atoms with van der Waals surface area (Å²) in [5.41, 5.74) is 0. The summed E-state index contributed by atoms with van der Waals surface area (Å²) >= 11 is 6.04. The molecule has 1 amide bonds. The highest BCUT2D eigenvalue weighted by Gasteiger charge is 2.31. The number of likely N-dealkylation sites (tertiary alicyclic amines) is 1. The van der Waals surface area contributed by atoms with Gasteiger partial charge in [0.2, 0.25) is 5.91 Å². The molecule has 0 bridgehead atoms. The topological polar surface area (TPSA) is 51.7 Å². The summed E-state index contributed by atoms with van der Waals surface area (Å²) in [7, 11) is 0. The Kier molecular flexibility index (Phi) is 4.60. The fourth-order valence-electron chi connectivity index (χ4n) is 2.82. The van der Waals surface area contributed by atoms with Crippen LogP contribution in [-0.2, 0) is 9.53 Å². The lowest BCUT2D eigenvalue weighted by molar-refractivity contribution is -0.137. The summed E-state index contributed by atoms with van der Waals surface area (Å²) in [4.78, 5) is 18.2. The highest BCUT2D eigenvalue weighted by molar-refractivity contribution is 6.31. The number of hydrogen-bond acceptors (Lipinski definition) is 4. The molecule has 6 heteroatoms. The fourth-order valence-corrected chi connectivity index (χ4v) is 2.98. The standard InChI is InChI=1S/C15H19ClN2O3/c16-13-9-17-5-1-14(13)21-12-2-6-18(7-3-12)15(19)11-4-8-20-10-11/h1,5,9,11-12H,2-4,6-8,10H2/t11-/m0/s1. The molecule has 1 aromatic heterocycles. The van der Waals surface area contributed by atoms with Gasteiger partial charge in [-0.25, -0.2) is 0 Å². The van der Waals surface area contributed by atoms with Crippen molar-refractivity contribution in [2.75, 3.05) is 26.3 Å². The molecule has 5 nitrogen and oxygen atoms in total. The Labute approximate surface area is 129 Å². The van der Waals surface area contributed by atoms with Crippen molar-refractivity contribution in [2.45, 2.75) is 25.4 Å². The minimum absolute atomic E-state index is 0.0529. The van der Waals surface area contributed by atoms with Gasteiger partial charge in [0, 0.05) is 51.0 Å². The highest BCUT2D eigenvalue weighted by atomic mass is 35.5. The Morgan fingerprint density at radius 3 is 2.86 bits per heavy atom. The predicted octanol–water partition coefficient (Wildman–Crippen LogP) is 2.14. The van der Waals surface area contributed by atoms with Crippen molar-refractivity contribution in [3.8, 4) is 5.75 Å². The van der Waals surface area contributed by atoms with E-state index in [4.69, 9.17) is 21.1 Å². The van der Waals surface area contributed by atoms with Crippen LogP contribution in [0.25, 0.3) is 0 Å². The molecular weight excluding hydrogens is 292 g/mol. The number of piperidine rings is 1. The first-order valence-corrected chi connectivity index (χ1v) is 7.74. The minimum Gasteiger partial charge on any atom is -0.489 e. The molecule has 0 spiro atoms. The largest absolute Gasteiger partial charge is 0.489 e. The van der Waals surface area contributed by atoms with Crippen molar-refractivity contribution in [3.63, 3.8) is 0 Å². The van der Waals surface area contributed by atoms with Gasteiger partial charge in [-0.3, -0.25) is 9.78 Å². The SMILES string of the molecule is O=C([C@H]1CCOC1)N1CCC(Oc2ccncc2Cl)CC1. The van der Waals surface area contributed by atoms with Crippen molar-refractivity contribution >= 4 is 17.5 Å². The van der Waals surface area contributed by atoms with Crippen LogP contribution in [0.1, 0.15) is 19.3 Å². The van der Waals surface area contributed by atoms with E-state index in [9.17, 15) is 4.79 Å². The molecule has 0 unspecified atom stereocenters. The van der Waals surface area contributed by atoms with Crippen molar-refractivity contribution in [2.24, 2.45) is 5.92 Å². The van der Waals surface area contributed by atoms with Crippen LogP contribution in [0.3, 0.4) is 0 Å². The smallest absolute Gasteiger partial charge is 0.228 e. The summed E-state index contributed by atoms with van der Waals surface area (Å²) in [6, 6.07) is 1.77. The molecule has 3 rings (SSSR count). The van der Waals surface area contributed by atoms with Crippen molar-refractivity contribution in [1.29, 1.82) is 0 Å². The number of carbonyl (C=O) groups excluding carboxylic acids is 1. The second kappa shape index (κ2) is 6.62. The normalized spacial score (nSPS) is 23.3. The lowest BCUT2D eigenvalue weighted by Gasteiger charge is -2.33. The van der Waals surface area contributed by atoms with Crippen LogP contribution >= 0.6 is 11.6 Å². The molecule has 2 fully saturated rings. The first kappa shape index (κ1) is 14.6. The zero-order chi connectivity index (χ0) is 14.7. The molecular formula is C15H19ClN2O3. The predicted molar refractivity (Wildman–Crippen MR) is 78.4 cm³/mol. The van der Waals surface area contributed by atoms with E-state index >= 15 is 0 Å². The van der Waals surface area contributed by atoms with Crippen LogP contribution < -0.4 is 4.74 Å². The van der Waals surface area contributed by atoms with E-state index < -0.39 is 0 Å². The molecule has 2 aliphatic rings. The summed E-state index contributed by atoms with van der Waals surface area (Å²) in [5.74, 6) is 0.950. The van der Waals surface area contributed by atoms with Crippen LogP contribution in [0.15, 0.2) is 18.5 Å². The highest BCUT2D eigenvalue weighted by Crippen LogP contribution is 2.26. The number of pyridine rings is 1. The third kappa shape index (κ3) is 3.47. The van der Waals surface area contributed by atoms with Crippen LogP contribution in [0.5, 0.6) is 5.75 Å². The number of hydrogen-bond donors (Lipinski definition) is 0. The number of nitrogens with zero attached hydrogens (tertiary/aromatic N) is 2. The molecule has 0 aliphatic carbocycles. The molecule has 114 valence electrons. The molecule has 2 saturated heterocycles. The Hall–Kier alpha value is -1.33. The second-order valence-electron chi connectivity index (χ2n) is 5.51. The summed E-state index contributed by atoms with van der Waals surface area (Å²) in [6.45, 7) is 2.75. The molecule has 1 atom stereocenters. The molecule has 2 aliphatic heterocycles. The maximum absolute atomic E-state index is 12.3. The van der Waals surface area contributed by atoms with Crippen molar-refractivity contribution in [3.05, 3.63) is 23.5 Å². The van der Waals surface area contributed by atoms with Gasteiger partial charge < -0.3 is 14.4 Å². The molecule has 1 aromatic rings. The Morgan fingerprint density at radius 1 is 1.38 bits per heavy atom. The maximum Gasteiger partial charge on any atom is 0.228 e. The Morgan fingerprint density at radius 2 is 2.19 bits per heavy atom. The van der Waals surface area contributed by atoms with Gasteiger partial charge in [-0.15, -0.1) is 0 Å². The van der Waals surface area contributed by atoms with Crippen LogP contribution in [0.4, 0.5) is 0 Å². The zero-order valence-corrected chi connectivity index (χ0v) is 12.6. The van der Waals surface area contributed by atoms with Gasteiger partial charge in [0.1, 0.15) is 16.9 Å². The van der Waals surface area contributed by atoms with Gasteiger partial charge in [0.05, 0.1) is 12.5 Å². The third-order valence-corrected chi connectivity index (χ3v) is 4.35. The molecule has 0 aromatic carbocycles. The van der Waals surface area contributed by atoms with Gasteiger partial charge in [-0.2, -0.15) is 0 Å². The van der Waals surface area contributed by atoms with E-state index in [-0.39, 0.29) is 17.9 Å². The first-order valence-electron chi connectivity index (χ1n) is 7.37. The van der Waals surface area contributed by atoms with Crippen molar-refractivity contribution in [1.82, 2.24) is 9.88 Å². The van der Waals surface area contributed by atoms with Gasteiger partial charge in [0.15, 0.2) is 0 Å². The lowest BCUT2D eigenvalue weighted by atomic mass is 10.0. The number of carbonyl (C=O) groups is 1. The van der Waals surface area contributed by atoms with E-state index in [0.717, 1.165) is 32.4 Å². The Balaban J connectivity index is 1.51. The van der Waals surface area contributed by atoms with E-state index in [0.29, 0.717) is 24.0 Å². The summed E-state index contributed by atoms with van der Waals surface area (Å²) in [5, 5.41) is 0.527. The maximum atomic E-state index is 12.3. The van der Waals surface area contributed by atoms with E-state index in [2.05, 4.69) is 4.98 Å². The van der Waals surface area contributed by atoms with Gasteiger partial charge >= 0.3 is 0 Å². The molecule has 0 N–H and O–H groups in total.